The van der Waals surface area contributed by atoms with Crippen LogP contribution in [0, 0.1) is 11.8 Å². The van der Waals surface area contributed by atoms with Crippen molar-refractivity contribution in [3.63, 3.8) is 0 Å². The summed E-state index contributed by atoms with van der Waals surface area (Å²) in [6.07, 6.45) is 0.732. The summed E-state index contributed by atoms with van der Waals surface area (Å²) in [5, 5.41) is 11.4. The number of nitrogens with one attached hydrogen (secondary N) is 1. The Morgan fingerprint density at radius 2 is 1.83 bits per heavy atom. The van der Waals surface area contributed by atoms with Gasteiger partial charge in [-0.25, -0.2) is 0 Å². The van der Waals surface area contributed by atoms with E-state index < -0.39 is 17.8 Å². The monoisotopic (exact) mass is 259 g/mol. The van der Waals surface area contributed by atoms with Crippen molar-refractivity contribution >= 4 is 17.8 Å². The number of carbonyl (C=O) groups is 3. The fourth-order valence-electron chi connectivity index (χ4n) is 1.28. The molecule has 0 heterocycles. The van der Waals surface area contributed by atoms with Gasteiger partial charge in [0.1, 0.15) is 0 Å². The minimum atomic E-state index is -0.996. The van der Waals surface area contributed by atoms with E-state index in [1.54, 1.807) is 13.8 Å². The summed E-state index contributed by atoms with van der Waals surface area (Å²) >= 11 is 0. The van der Waals surface area contributed by atoms with E-state index in [1.807, 2.05) is 0 Å². The summed E-state index contributed by atoms with van der Waals surface area (Å²) in [6.45, 7) is 5.48. The van der Waals surface area contributed by atoms with Crippen LogP contribution in [-0.4, -0.2) is 36.1 Å². The third-order valence-electron chi connectivity index (χ3n) is 2.72. The molecule has 0 bridgehead atoms. The quantitative estimate of drug-likeness (QED) is 0.497. The first kappa shape index (κ1) is 16.4. The summed E-state index contributed by atoms with van der Waals surface area (Å²) < 4.78 is 4.74. The number of esters is 1. The highest BCUT2D eigenvalue weighted by atomic mass is 16.5. The molecule has 0 aliphatic carbocycles. The van der Waals surface area contributed by atoms with Crippen LogP contribution in [0.2, 0.25) is 0 Å². The van der Waals surface area contributed by atoms with Crippen LogP contribution in [0.15, 0.2) is 0 Å². The van der Waals surface area contributed by atoms with Crippen molar-refractivity contribution in [2.75, 3.05) is 13.2 Å². The number of ether oxygens (including phenoxy) is 1. The average Bonchev–Trinajstić information content (AvgIpc) is 2.32. The van der Waals surface area contributed by atoms with Crippen molar-refractivity contribution in [3.8, 4) is 0 Å². The van der Waals surface area contributed by atoms with Gasteiger partial charge in [-0.1, -0.05) is 13.8 Å². The van der Waals surface area contributed by atoms with Crippen LogP contribution in [-0.2, 0) is 19.1 Å². The summed E-state index contributed by atoms with van der Waals surface area (Å²) in [7, 11) is 0. The van der Waals surface area contributed by atoms with E-state index in [4.69, 9.17) is 9.84 Å². The van der Waals surface area contributed by atoms with Crippen LogP contribution >= 0.6 is 0 Å². The first-order chi connectivity index (χ1) is 8.40. The molecule has 2 unspecified atom stereocenters. The van der Waals surface area contributed by atoms with Crippen LogP contribution < -0.4 is 5.32 Å². The fraction of sp³-hybridized carbons (Fsp3) is 0.750. The van der Waals surface area contributed by atoms with Gasteiger partial charge in [0, 0.05) is 18.9 Å². The number of hydrogen-bond donors (Lipinski definition) is 2. The highest BCUT2D eigenvalue weighted by Crippen LogP contribution is 2.10. The van der Waals surface area contributed by atoms with E-state index in [-0.39, 0.29) is 18.3 Å². The van der Waals surface area contributed by atoms with Gasteiger partial charge < -0.3 is 15.2 Å². The Kier molecular flexibility index (Phi) is 7.74. The maximum atomic E-state index is 11.6. The molecule has 0 aromatic heterocycles. The smallest absolute Gasteiger partial charge is 0.307 e. The van der Waals surface area contributed by atoms with E-state index in [1.165, 1.54) is 6.92 Å². The van der Waals surface area contributed by atoms with Gasteiger partial charge in [0.25, 0.3) is 0 Å². The van der Waals surface area contributed by atoms with Gasteiger partial charge >= 0.3 is 11.9 Å². The molecule has 0 aromatic rings. The molecule has 6 heteroatoms. The lowest BCUT2D eigenvalue weighted by Crippen LogP contribution is -2.35. The first-order valence-corrected chi connectivity index (χ1v) is 6.06. The third kappa shape index (κ3) is 6.22. The SMILES string of the molecule is CCOC(=O)CCCNC(=O)C(C)C(C)C(=O)O. The van der Waals surface area contributed by atoms with E-state index in [0.29, 0.717) is 19.6 Å². The van der Waals surface area contributed by atoms with Gasteiger partial charge in [-0.15, -0.1) is 0 Å². The Morgan fingerprint density at radius 3 is 2.33 bits per heavy atom. The second-order valence-electron chi connectivity index (χ2n) is 4.12. The lowest BCUT2D eigenvalue weighted by molar-refractivity contribution is -0.146. The molecule has 0 aliphatic rings. The predicted molar refractivity (Wildman–Crippen MR) is 64.8 cm³/mol. The zero-order chi connectivity index (χ0) is 14.1. The molecule has 0 aliphatic heterocycles. The third-order valence-corrected chi connectivity index (χ3v) is 2.72. The average molecular weight is 259 g/mol. The summed E-state index contributed by atoms with van der Waals surface area (Å²) in [5.74, 6) is -2.92. The summed E-state index contributed by atoms with van der Waals surface area (Å²) in [4.78, 5) is 33.3. The van der Waals surface area contributed by atoms with Gasteiger partial charge in [-0.3, -0.25) is 14.4 Å². The first-order valence-electron chi connectivity index (χ1n) is 6.06. The lowest BCUT2D eigenvalue weighted by atomic mass is 9.95. The molecular weight excluding hydrogens is 238 g/mol. The maximum absolute atomic E-state index is 11.6. The topological polar surface area (TPSA) is 92.7 Å². The van der Waals surface area contributed by atoms with E-state index >= 15 is 0 Å². The predicted octanol–water partition coefficient (Wildman–Crippen LogP) is 0.803. The van der Waals surface area contributed by atoms with Gasteiger partial charge in [0.2, 0.25) is 5.91 Å². The number of hydrogen-bond acceptors (Lipinski definition) is 4. The van der Waals surface area contributed by atoms with Crippen LogP contribution in [0.5, 0.6) is 0 Å². The Balaban J connectivity index is 3.83. The molecule has 104 valence electrons. The zero-order valence-corrected chi connectivity index (χ0v) is 11.1. The Labute approximate surface area is 107 Å². The van der Waals surface area contributed by atoms with Crippen molar-refractivity contribution in [1.29, 1.82) is 0 Å². The van der Waals surface area contributed by atoms with Crippen molar-refractivity contribution < 1.29 is 24.2 Å². The Morgan fingerprint density at radius 1 is 1.22 bits per heavy atom. The number of carboxylic acids is 1. The number of rotatable bonds is 8. The summed E-state index contributed by atoms with van der Waals surface area (Å²) in [5.41, 5.74) is 0. The normalized spacial score (nSPS) is 13.5. The van der Waals surface area contributed by atoms with Crippen molar-refractivity contribution in [3.05, 3.63) is 0 Å². The number of aliphatic carboxylic acids is 1. The molecule has 2 N–H and O–H groups in total. The van der Waals surface area contributed by atoms with Gasteiger partial charge in [-0.2, -0.15) is 0 Å². The summed E-state index contributed by atoms with van der Waals surface area (Å²) in [6, 6.07) is 0. The molecule has 2 atom stereocenters. The maximum Gasteiger partial charge on any atom is 0.307 e. The number of carboxylic acid groups (broad SMARTS) is 1. The van der Waals surface area contributed by atoms with Crippen molar-refractivity contribution in [2.45, 2.75) is 33.6 Å². The highest BCUT2D eigenvalue weighted by Gasteiger charge is 2.25. The Bertz CT molecular complexity index is 303. The van der Waals surface area contributed by atoms with Gasteiger partial charge in [0.05, 0.1) is 12.5 Å². The number of carbonyl (C=O) groups excluding carboxylic acids is 2. The zero-order valence-electron chi connectivity index (χ0n) is 11.1. The van der Waals surface area contributed by atoms with Gasteiger partial charge in [0.15, 0.2) is 0 Å². The van der Waals surface area contributed by atoms with Crippen LogP contribution in [0.25, 0.3) is 0 Å². The second-order valence-corrected chi connectivity index (χ2v) is 4.12. The van der Waals surface area contributed by atoms with Crippen molar-refractivity contribution in [1.82, 2.24) is 5.32 Å². The molecule has 1 amide bonds. The minimum absolute atomic E-state index is 0.247. The van der Waals surface area contributed by atoms with E-state index in [9.17, 15) is 14.4 Å². The minimum Gasteiger partial charge on any atom is -0.481 e. The molecular formula is C12H21NO5. The molecule has 6 nitrogen and oxygen atoms in total. The lowest BCUT2D eigenvalue weighted by Gasteiger charge is -2.15. The molecule has 0 saturated carbocycles. The fourth-order valence-corrected chi connectivity index (χ4v) is 1.28. The van der Waals surface area contributed by atoms with Crippen molar-refractivity contribution in [2.24, 2.45) is 11.8 Å². The largest absolute Gasteiger partial charge is 0.481 e. The molecule has 0 saturated heterocycles. The molecule has 0 fully saturated rings. The van der Waals surface area contributed by atoms with E-state index in [2.05, 4.69) is 5.32 Å². The molecule has 18 heavy (non-hydrogen) atoms. The van der Waals surface area contributed by atoms with Gasteiger partial charge in [-0.05, 0) is 13.3 Å². The van der Waals surface area contributed by atoms with Crippen LogP contribution in [0.4, 0.5) is 0 Å². The molecule has 0 radical (unpaired) electrons. The molecule has 0 spiro atoms. The van der Waals surface area contributed by atoms with Crippen LogP contribution in [0.3, 0.4) is 0 Å². The van der Waals surface area contributed by atoms with E-state index in [0.717, 1.165) is 0 Å². The Hall–Kier alpha value is -1.59. The highest BCUT2D eigenvalue weighted by molar-refractivity contribution is 5.84. The molecule has 0 rings (SSSR count). The number of amides is 1. The molecule has 0 aromatic carbocycles. The van der Waals surface area contributed by atoms with Crippen LogP contribution in [0.1, 0.15) is 33.6 Å². The second kappa shape index (κ2) is 8.49. The standard InChI is InChI=1S/C12H21NO5/c1-4-18-10(14)6-5-7-13-11(15)8(2)9(3)12(16)17/h8-9H,4-7H2,1-3H3,(H,13,15)(H,16,17).